The van der Waals surface area contributed by atoms with Crippen molar-refractivity contribution in [3.05, 3.63) is 143 Å². The van der Waals surface area contributed by atoms with E-state index < -0.39 is 16.9 Å². The number of nitro groups is 1. The first-order valence-corrected chi connectivity index (χ1v) is 17.6. The first-order chi connectivity index (χ1) is 22.6. The van der Waals surface area contributed by atoms with Crippen LogP contribution in [-0.4, -0.2) is 22.1 Å². The average molecular weight is 871 g/mol. The number of nitrogens with zero attached hydrogens (tertiary/aromatic N) is 3. The molecule has 12 heteroatoms. The summed E-state index contributed by atoms with van der Waals surface area (Å²) in [6, 6.07) is 22.1. The van der Waals surface area contributed by atoms with Crippen LogP contribution in [0.3, 0.4) is 0 Å². The zero-order chi connectivity index (χ0) is 33.4. The van der Waals surface area contributed by atoms with E-state index in [9.17, 15) is 19.7 Å². The van der Waals surface area contributed by atoms with Crippen molar-refractivity contribution in [2.75, 3.05) is 6.61 Å². The van der Waals surface area contributed by atoms with E-state index in [4.69, 9.17) is 9.47 Å². The SMILES string of the molecule is CCOC(=O)C1=C(C)N=c2s/c(=C/c3cc(I)c(OCc4cccc5ccccc45)c(I)c3)c(=O)n2[C@H]1c1ccc(C)c([N+](=O)[O-])c1. The normalized spacial score (nSPS) is 14.6. The van der Waals surface area contributed by atoms with Gasteiger partial charge in [0.1, 0.15) is 12.4 Å². The minimum atomic E-state index is -0.947. The van der Waals surface area contributed by atoms with Gasteiger partial charge >= 0.3 is 5.97 Å². The summed E-state index contributed by atoms with van der Waals surface area (Å²) in [6.07, 6.45) is 1.79. The predicted molar refractivity (Wildman–Crippen MR) is 198 cm³/mol. The number of allylic oxidation sites excluding steroid dienone is 1. The monoisotopic (exact) mass is 871 g/mol. The van der Waals surface area contributed by atoms with E-state index in [1.807, 2.05) is 30.3 Å². The molecule has 1 aliphatic rings. The van der Waals surface area contributed by atoms with Crippen molar-refractivity contribution in [1.29, 1.82) is 0 Å². The van der Waals surface area contributed by atoms with Gasteiger partial charge in [-0.1, -0.05) is 65.9 Å². The fraction of sp³-hybridized carbons (Fsp3) is 0.171. The Balaban J connectivity index is 1.40. The molecule has 238 valence electrons. The van der Waals surface area contributed by atoms with Gasteiger partial charge in [0.15, 0.2) is 4.80 Å². The minimum absolute atomic E-state index is 0.102. The van der Waals surface area contributed by atoms with Crippen molar-refractivity contribution < 1.29 is 19.2 Å². The van der Waals surface area contributed by atoms with Crippen LogP contribution < -0.4 is 19.6 Å². The molecule has 1 aliphatic heterocycles. The first kappa shape index (κ1) is 33.0. The van der Waals surface area contributed by atoms with Crippen LogP contribution in [0.25, 0.3) is 16.8 Å². The van der Waals surface area contributed by atoms with Gasteiger partial charge in [0.05, 0.1) is 40.5 Å². The molecule has 0 saturated heterocycles. The second-order valence-electron chi connectivity index (χ2n) is 10.8. The molecule has 0 fully saturated rings. The van der Waals surface area contributed by atoms with Crippen LogP contribution in [0, 0.1) is 24.2 Å². The summed E-state index contributed by atoms with van der Waals surface area (Å²) < 4.78 is 15.3. The lowest BCUT2D eigenvalue weighted by Gasteiger charge is -2.24. The van der Waals surface area contributed by atoms with Crippen LogP contribution in [0.15, 0.2) is 93.9 Å². The molecule has 0 unspecified atom stereocenters. The molecule has 47 heavy (non-hydrogen) atoms. The number of aryl methyl sites for hydroxylation is 1. The van der Waals surface area contributed by atoms with E-state index in [-0.39, 0.29) is 23.4 Å². The second-order valence-corrected chi connectivity index (χ2v) is 14.2. The Kier molecular flexibility index (Phi) is 9.62. The maximum Gasteiger partial charge on any atom is 0.338 e. The smallest absolute Gasteiger partial charge is 0.338 e. The van der Waals surface area contributed by atoms with Crippen LogP contribution in [0.4, 0.5) is 5.69 Å². The molecule has 0 aliphatic carbocycles. The van der Waals surface area contributed by atoms with Gasteiger partial charge in [0, 0.05) is 11.6 Å². The Morgan fingerprint density at radius 3 is 2.51 bits per heavy atom. The Morgan fingerprint density at radius 1 is 1.06 bits per heavy atom. The molecule has 0 saturated carbocycles. The Labute approximate surface area is 300 Å². The largest absolute Gasteiger partial charge is 0.487 e. The van der Waals surface area contributed by atoms with Crippen LogP contribution >= 0.6 is 56.5 Å². The molecule has 9 nitrogen and oxygen atoms in total. The maximum absolute atomic E-state index is 14.1. The second kappa shape index (κ2) is 13.7. The number of nitro benzene ring substituents is 1. The standard InChI is InChI=1S/C35H27I2N3O6S/c1-4-45-34(42)30-20(3)38-35-39(31(30)23-13-12-19(2)28(17-23)40(43)44)33(41)29(47-35)16-21-14-26(36)32(27(37)15-21)46-18-24-10-7-9-22-8-5-6-11-25(22)24/h5-17,31H,4,18H2,1-3H3/b29-16+/t31-/m0/s1. The van der Waals surface area contributed by atoms with Crippen molar-refractivity contribution in [1.82, 2.24) is 4.57 Å². The van der Waals surface area contributed by atoms with E-state index in [0.29, 0.717) is 32.8 Å². The number of ether oxygens (including phenoxy) is 2. The third-order valence-electron chi connectivity index (χ3n) is 7.83. The van der Waals surface area contributed by atoms with Crippen LogP contribution in [0.1, 0.15) is 42.1 Å². The lowest BCUT2D eigenvalue weighted by molar-refractivity contribution is -0.385. The van der Waals surface area contributed by atoms with Gasteiger partial charge in [-0.05, 0) is 112 Å². The van der Waals surface area contributed by atoms with Gasteiger partial charge in [0.25, 0.3) is 11.2 Å². The summed E-state index contributed by atoms with van der Waals surface area (Å²) in [5, 5.41) is 14.1. The molecule has 6 rings (SSSR count). The summed E-state index contributed by atoms with van der Waals surface area (Å²) in [7, 11) is 0. The lowest BCUT2D eigenvalue weighted by Crippen LogP contribution is -2.40. The number of rotatable bonds is 8. The number of thiazole rings is 1. The number of benzene rings is 4. The number of halogens is 2. The molecule has 1 atom stereocenters. The number of carbonyl (C=O) groups excluding carboxylic acids is 1. The van der Waals surface area contributed by atoms with Crippen LogP contribution in [-0.2, 0) is 16.1 Å². The zero-order valence-corrected chi connectivity index (χ0v) is 30.6. The summed E-state index contributed by atoms with van der Waals surface area (Å²) >= 11 is 5.68. The molecular weight excluding hydrogens is 844 g/mol. The number of fused-ring (bicyclic) bond motifs is 2. The summed E-state index contributed by atoms with van der Waals surface area (Å²) in [4.78, 5) is 43.6. The van der Waals surface area contributed by atoms with Crippen molar-refractivity contribution in [3.8, 4) is 5.75 Å². The highest BCUT2D eigenvalue weighted by Crippen LogP contribution is 2.34. The first-order valence-electron chi connectivity index (χ1n) is 14.6. The third kappa shape index (κ3) is 6.50. The van der Waals surface area contributed by atoms with Crippen LogP contribution in [0.2, 0.25) is 0 Å². The molecular formula is C35H27I2N3O6S. The third-order valence-corrected chi connectivity index (χ3v) is 10.4. The minimum Gasteiger partial charge on any atom is -0.487 e. The molecule has 0 N–H and O–H groups in total. The van der Waals surface area contributed by atoms with Crippen molar-refractivity contribution in [3.63, 3.8) is 0 Å². The van der Waals surface area contributed by atoms with Crippen molar-refractivity contribution in [2.45, 2.75) is 33.4 Å². The van der Waals surface area contributed by atoms with Gasteiger partial charge < -0.3 is 9.47 Å². The van der Waals surface area contributed by atoms with E-state index >= 15 is 0 Å². The van der Waals surface area contributed by atoms with Crippen LogP contribution in [0.5, 0.6) is 5.75 Å². The fourth-order valence-corrected chi connectivity index (χ4v) is 8.79. The highest BCUT2D eigenvalue weighted by molar-refractivity contribution is 14.1. The molecule has 0 amide bonds. The maximum atomic E-state index is 14.1. The molecule has 0 radical (unpaired) electrons. The molecule has 2 heterocycles. The van der Waals surface area contributed by atoms with Crippen molar-refractivity contribution in [2.24, 2.45) is 4.99 Å². The zero-order valence-electron chi connectivity index (χ0n) is 25.5. The fourth-order valence-electron chi connectivity index (χ4n) is 5.62. The average Bonchev–Trinajstić information content (AvgIpc) is 3.33. The Hall–Kier alpha value is -3.89. The highest BCUT2D eigenvalue weighted by atomic mass is 127. The number of esters is 1. The lowest BCUT2D eigenvalue weighted by atomic mass is 9.94. The van der Waals surface area contributed by atoms with Gasteiger partial charge in [-0.15, -0.1) is 0 Å². The van der Waals surface area contributed by atoms with Gasteiger partial charge in [-0.3, -0.25) is 19.5 Å². The summed E-state index contributed by atoms with van der Waals surface area (Å²) in [5.74, 6) is 0.132. The van der Waals surface area contributed by atoms with E-state index in [1.54, 1.807) is 39.0 Å². The molecule has 0 bridgehead atoms. The van der Waals surface area contributed by atoms with Crippen molar-refractivity contribution >= 4 is 85.0 Å². The molecule has 1 aromatic heterocycles. The number of carbonyl (C=O) groups is 1. The number of hydrogen-bond acceptors (Lipinski definition) is 8. The molecule has 0 spiro atoms. The van der Waals surface area contributed by atoms with Gasteiger partial charge in [0.2, 0.25) is 0 Å². The predicted octanol–water partition coefficient (Wildman–Crippen LogP) is 6.96. The number of hydrogen-bond donors (Lipinski definition) is 0. The Bertz CT molecular complexity index is 2280. The van der Waals surface area contributed by atoms with E-state index in [0.717, 1.165) is 34.8 Å². The van der Waals surface area contributed by atoms with Gasteiger partial charge in [-0.25, -0.2) is 9.79 Å². The van der Waals surface area contributed by atoms with Gasteiger partial charge in [-0.2, -0.15) is 0 Å². The summed E-state index contributed by atoms with van der Waals surface area (Å²) in [6.45, 7) is 5.55. The van der Waals surface area contributed by atoms with E-state index in [1.165, 1.54) is 22.0 Å². The Morgan fingerprint density at radius 2 is 1.79 bits per heavy atom. The molecule has 4 aromatic carbocycles. The number of aromatic nitrogens is 1. The van der Waals surface area contributed by atoms with E-state index in [2.05, 4.69) is 74.4 Å². The molecule has 5 aromatic rings. The summed E-state index contributed by atoms with van der Waals surface area (Å²) in [5.41, 5.74) is 2.87. The topological polar surface area (TPSA) is 113 Å². The highest BCUT2D eigenvalue weighted by Gasteiger charge is 2.34. The quantitative estimate of drug-likeness (QED) is 0.0722.